The summed E-state index contributed by atoms with van der Waals surface area (Å²) in [6, 6.07) is 0.765. The zero-order chi connectivity index (χ0) is 14.2. The van der Waals surface area contributed by atoms with Gasteiger partial charge in [0.25, 0.3) is 5.56 Å². The van der Waals surface area contributed by atoms with E-state index in [2.05, 4.69) is 16.8 Å². The first-order valence-corrected chi connectivity index (χ1v) is 5.82. The Balaban J connectivity index is 2.55. The number of hydrogen-bond acceptors (Lipinski definition) is 4. The van der Waals surface area contributed by atoms with Crippen molar-refractivity contribution in [2.45, 2.75) is 38.3 Å². The van der Waals surface area contributed by atoms with Crippen LogP contribution in [0.2, 0.25) is 0 Å². The van der Waals surface area contributed by atoms with Gasteiger partial charge in [-0.15, -0.1) is 0 Å². The van der Waals surface area contributed by atoms with Gasteiger partial charge in [-0.2, -0.15) is 0 Å². The van der Waals surface area contributed by atoms with Gasteiger partial charge >= 0.3 is 0 Å². The Bertz CT molecular complexity index is 601. The van der Waals surface area contributed by atoms with Crippen LogP contribution in [-0.2, 0) is 4.74 Å². The Hall–Kier alpha value is -1.68. The molecule has 102 valence electrons. The lowest BCUT2D eigenvalue weighted by Gasteiger charge is -2.17. The zero-order valence-corrected chi connectivity index (χ0v) is 10.5. The molecule has 6 heteroatoms. The molecular weight excluding hydrogens is 253 g/mol. The van der Waals surface area contributed by atoms with Crippen molar-refractivity contribution in [3.8, 4) is 11.8 Å². The second kappa shape index (κ2) is 5.13. The maximum Gasteiger partial charge on any atom is 0.251 e. The van der Waals surface area contributed by atoms with E-state index in [9.17, 15) is 19.4 Å². The highest BCUT2D eigenvalue weighted by atomic mass is 19.1. The maximum absolute atomic E-state index is 14.0. The van der Waals surface area contributed by atoms with E-state index < -0.39 is 35.8 Å². The van der Waals surface area contributed by atoms with Gasteiger partial charge in [-0.1, -0.05) is 5.92 Å². The van der Waals surface area contributed by atoms with E-state index in [-0.39, 0.29) is 11.3 Å². The van der Waals surface area contributed by atoms with Crippen LogP contribution in [0.5, 0.6) is 0 Å². The fourth-order valence-corrected chi connectivity index (χ4v) is 2.13. The lowest BCUT2D eigenvalue weighted by molar-refractivity contribution is 0.0126. The van der Waals surface area contributed by atoms with Gasteiger partial charge in [0.05, 0.1) is 11.7 Å². The molecule has 1 aromatic heterocycles. The van der Waals surface area contributed by atoms with E-state index in [1.807, 2.05) is 0 Å². The number of halogens is 1. The summed E-state index contributed by atoms with van der Waals surface area (Å²) in [5.74, 6) is 4.31. The third kappa shape index (κ3) is 2.40. The molecule has 1 saturated heterocycles. The molecule has 0 aliphatic carbocycles. The van der Waals surface area contributed by atoms with Crippen LogP contribution in [0.15, 0.2) is 10.9 Å². The Morgan fingerprint density at radius 2 is 2.11 bits per heavy atom. The van der Waals surface area contributed by atoms with Gasteiger partial charge in [-0.05, 0) is 19.8 Å². The first-order chi connectivity index (χ1) is 8.95. The minimum Gasteiger partial charge on any atom is -0.388 e. The summed E-state index contributed by atoms with van der Waals surface area (Å²) in [6.07, 6.45) is -4.07. The SMILES string of the molecule is CC#Cc1[nH]c(=O)cc(F)c1[C@@H]1O[C@H](C)C(O)[C@@H]1O. The highest BCUT2D eigenvalue weighted by Gasteiger charge is 2.43. The zero-order valence-electron chi connectivity index (χ0n) is 10.5. The van der Waals surface area contributed by atoms with Gasteiger partial charge in [-0.3, -0.25) is 4.79 Å². The minimum absolute atomic E-state index is 0.0372. The molecule has 0 aromatic carbocycles. The lowest BCUT2D eigenvalue weighted by atomic mass is 10.00. The van der Waals surface area contributed by atoms with Crippen LogP contribution in [0.4, 0.5) is 4.39 Å². The van der Waals surface area contributed by atoms with Crippen molar-refractivity contribution in [3.05, 3.63) is 33.5 Å². The average Bonchev–Trinajstić information content (AvgIpc) is 2.57. The highest BCUT2D eigenvalue weighted by Crippen LogP contribution is 2.35. The van der Waals surface area contributed by atoms with Crippen LogP contribution >= 0.6 is 0 Å². The molecule has 0 spiro atoms. The lowest BCUT2D eigenvalue weighted by Crippen LogP contribution is -2.29. The number of aromatic amines is 1. The summed E-state index contributed by atoms with van der Waals surface area (Å²) in [5.41, 5.74) is -0.609. The third-order valence-electron chi connectivity index (χ3n) is 3.07. The average molecular weight is 267 g/mol. The second-order valence-corrected chi connectivity index (χ2v) is 4.39. The van der Waals surface area contributed by atoms with Gasteiger partial charge < -0.3 is 19.9 Å². The summed E-state index contributed by atoms with van der Waals surface area (Å²) in [7, 11) is 0. The molecule has 5 nitrogen and oxygen atoms in total. The van der Waals surface area contributed by atoms with E-state index in [0.717, 1.165) is 6.07 Å². The van der Waals surface area contributed by atoms with Crippen molar-refractivity contribution in [3.63, 3.8) is 0 Å². The van der Waals surface area contributed by atoms with Crippen LogP contribution in [0.25, 0.3) is 0 Å². The number of hydrogen-bond donors (Lipinski definition) is 3. The summed E-state index contributed by atoms with van der Waals surface area (Å²) in [5, 5.41) is 19.5. The second-order valence-electron chi connectivity index (χ2n) is 4.39. The monoisotopic (exact) mass is 267 g/mol. The van der Waals surface area contributed by atoms with Crippen molar-refractivity contribution >= 4 is 0 Å². The normalized spacial score (nSPS) is 29.9. The maximum atomic E-state index is 14.0. The first-order valence-electron chi connectivity index (χ1n) is 5.82. The molecule has 0 bridgehead atoms. The Labute approximate surface area is 109 Å². The van der Waals surface area contributed by atoms with Crippen molar-refractivity contribution in [2.24, 2.45) is 0 Å². The fraction of sp³-hybridized carbons (Fsp3) is 0.462. The molecule has 2 heterocycles. The van der Waals surface area contributed by atoms with Crippen molar-refractivity contribution in [1.29, 1.82) is 0 Å². The van der Waals surface area contributed by atoms with Crippen molar-refractivity contribution < 1.29 is 19.3 Å². The van der Waals surface area contributed by atoms with E-state index in [1.165, 1.54) is 6.92 Å². The largest absolute Gasteiger partial charge is 0.388 e. The number of rotatable bonds is 1. The highest BCUT2D eigenvalue weighted by molar-refractivity contribution is 5.38. The fourth-order valence-electron chi connectivity index (χ4n) is 2.13. The topological polar surface area (TPSA) is 82.6 Å². The van der Waals surface area contributed by atoms with E-state index >= 15 is 0 Å². The standard InChI is InChI=1S/C13H14FNO4/c1-3-4-8-10(7(14)5-9(16)15-8)13-12(18)11(17)6(2)19-13/h5-6,11-13,17-18H,1-2H3,(H,15,16)/t6-,11?,12+,13+/m1/s1. The van der Waals surface area contributed by atoms with Crippen LogP contribution in [0, 0.1) is 17.7 Å². The van der Waals surface area contributed by atoms with E-state index in [4.69, 9.17) is 4.74 Å². The number of ether oxygens (including phenoxy) is 1. The molecule has 1 aromatic rings. The van der Waals surface area contributed by atoms with Gasteiger partial charge in [0.1, 0.15) is 29.8 Å². The van der Waals surface area contributed by atoms with E-state index in [0.29, 0.717) is 0 Å². The molecule has 1 aliphatic heterocycles. The number of pyridine rings is 1. The van der Waals surface area contributed by atoms with Crippen molar-refractivity contribution in [2.75, 3.05) is 0 Å². The third-order valence-corrected chi connectivity index (χ3v) is 3.07. The molecule has 19 heavy (non-hydrogen) atoms. The molecule has 3 N–H and O–H groups in total. The summed E-state index contributed by atoms with van der Waals surface area (Å²) >= 11 is 0. The number of nitrogens with one attached hydrogen (secondary N) is 1. The number of H-pyrrole nitrogens is 1. The Morgan fingerprint density at radius 1 is 1.42 bits per heavy atom. The molecule has 0 radical (unpaired) electrons. The van der Waals surface area contributed by atoms with Crippen LogP contribution in [0.3, 0.4) is 0 Å². The molecule has 1 unspecified atom stereocenters. The molecule has 0 saturated carbocycles. The summed E-state index contributed by atoms with van der Waals surface area (Å²) < 4.78 is 19.3. The molecular formula is C13H14FNO4. The molecule has 1 aliphatic rings. The van der Waals surface area contributed by atoms with Crippen LogP contribution in [0.1, 0.15) is 31.2 Å². The Kier molecular flexibility index (Phi) is 3.71. The van der Waals surface area contributed by atoms with Crippen LogP contribution < -0.4 is 5.56 Å². The smallest absolute Gasteiger partial charge is 0.251 e. The molecule has 2 rings (SSSR count). The molecule has 4 atom stereocenters. The van der Waals surface area contributed by atoms with Crippen molar-refractivity contribution in [1.82, 2.24) is 4.98 Å². The Morgan fingerprint density at radius 3 is 2.63 bits per heavy atom. The number of aliphatic hydroxyl groups excluding tert-OH is 2. The van der Waals surface area contributed by atoms with Gasteiger partial charge in [0.15, 0.2) is 0 Å². The predicted octanol–water partition coefficient (Wildman–Crippen LogP) is 0.0670. The van der Waals surface area contributed by atoms with Crippen LogP contribution in [-0.4, -0.2) is 33.5 Å². The van der Waals surface area contributed by atoms with Gasteiger partial charge in [-0.25, -0.2) is 4.39 Å². The van der Waals surface area contributed by atoms with Gasteiger partial charge in [0, 0.05) is 6.07 Å². The molecule has 1 fully saturated rings. The molecule has 0 amide bonds. The number of aliphatic hydroxyl groups is 2. The summed E-state index contributed by atoms with van der Waals surface area (Å²) in [4.78, 5) is 13.7. The summed E-state index contributed by atoms with van der Waals surface area (Å²) in [6.45, 7) is 3.11. The predicted molar refractivity (Wildman–Crippen MR) is 64.9 cm³/mol. The minimum atomic E-state index is -1.27. The first kappa shape index (κ1) is 13.7. The van der Waals surface area contributed by atoms with E-state index in [1.54, 1.807) is 6.92 Å². The van der Waals surface area contributed by atoms with Gasteiger partial charge in [0.2, 0.25) is 0 Å². The number of aromatic nitrogens is 1. The quantitative estimate of drug-likeness (QED) is 0.629.